The van der Waals surface area contributed by atoms with Crippen LogP contribution in [0.4, 0.5) is 4.79 Å². The predicted molar refractivity (Wildman–Crippen MR) is 119 cm³/mol. The van der Waals surface area contributed by atoms with Crippen LogP contribution in [0.15, 0.2) is 18.2 Å². The first-order valence-electron chi connectivity index (χ1n) is 10.8. The molecule has 0 aliphatic carbocycles. The Balaban J connectivity index is 2.52. The molecule has 174 valence electrons. The number of hydrogen-bond donors (Lipinski definition) is 1. The van der Waals surface area contributed by atoms with Crippen molar-refractivity contribution in [1.29, 1.82) is 0 Å². The van der Waals surface area contributed by atoms with E-state index in [2.05, 4.69) is 33.0 Å². The average molecular weight is 436 g/mol. The number of carbonyl (C=O) groups is 3. The number of amides is 1. The van der Waals surface area contributed by atoms with Gasteiger partial charge in [-0.15, -0.1) is 0 Å². The van der Waals surface area contributed by atoms with Crippen molar-refractivity contribution < 1.29 is 28.6 Å². The fraction of sp³-hybridized carbons (Fsp3) is 0.625. The molecule has 0 spiro atoms. The fourth-order valence-electron chi connectivity index (χ4n) is 2.82. The molecule has 1 atom stereocenters. The maximum atomic E-state index is 12.4. The van der Waals surface area contributed by atoms with Gasteiger partial charge >= 0.3 is 18.0 Å². The van der Waals surface area contributed by atoms with Gasteiger partial charge in [-0.1, -0.05) is 45.9 Å². The zero-order chi connectivity index (χ0) is 23.8. The van der Waals surface area contributed by atoms with Gasteiger partial charge in [0.1, 0.15) is 17.4 Å². The average Bonchev–Trinajstić information content (AvgIpc) is 2.63. The second-order valence-corrected chi connectivity index (χ2v) is 9.19. The molecule has 1 unspecified atom stereocenters. The van der Waals surface area contributed by atoms with Gasteiger partial charge in [0.15, 0.2) is 0 Å². The van der Waals surface area contributed by atoms with E-state index in [1.165, 1.54) is 6.92 Å². The van der Waals surface area contributed by atoms with E-state index in [-0.39, 0.29) is 30.8 Å². The van der Waals surface area contributed by atoms with Crippen molar-refractivity contribution >= 4 is 18.0 Å². The van der Waals surface area contributed by atoms with Gasteiger partial charge in [-0.25, -0.2) is 9.59 Å². The van der Waals surface area contributed by atoms with Crippen LogP contribution in [0, 0.1) is 0 Å². The normalized spacial score (nSPS) is 12.5. The highest BCUT2D eigenvalue weighted by atomic mass is 16.6. The first kappa shape index (κ1) is 26.5. The molecule has 1 aromatic carbocycles. The number of rotatable bonds is 9. The van der Waals surface area contributed by atoms with Crippen LogP contribution < -0.4 is 10.1 Å². The van der Waals surface area contributed by atoms with Crippen LogP contribution in [0.2, 0.25) is 0 Å². The van der Waals surface area contributed by atoms with Gasteiger partial charge in [-0.3, -0.25) is 4.79 Å². The van der Waals surface area contributed by atoms with Crippen molar-refractivity contribution in [1.82, 2.24) is 5.32 Å². The van der Waals surface area contributed by atoms with Gasteiger partial charge in [0.2, 0.25) is 0 Å². The lowest BCUT2D eigenvalue weighted by Crippen LogP contribution is -2.42. The number of ether oxygens (including phenoxy) is 3. The number of benzene rings is 1. The lowest BCUT2D eigenvalue weighted by molar-refractivity contribution is -0.146. The van der Waals surface area contributed by atoms with Crippen molar-refractivity contribution in [3.05, 3.63) is 29.3 Å². The van der Waals surface area contributed by atoms with Gasteiger partial charge in [-0.2, -0.15) is 0 Å². The SMILES string of the molecule is CC(NC(=O)OC(C)(C)C)C(=O)OCCCC(=O)Oc1c(C(C)C)cccc1C(C)C. The van der Waals surface area contributed by atoms with Crippen LogP contribution >= 0.6 is 0 Å². The third-order valence-electron chi connectivity index (χ3n) is 4.39. The fourth-order valence-corrected chi connectivity index (χ4v) is 2.82. The monoisotopic (exact) mass is 435 g/mol. The Labute approximate surface area is 185 Å². The summed E-state index contributed by atoms with van der Waals surface area (Å²) in [5.74, 6) is 0.116. The first-order valence-corrected chi connectivity index (χ1v) is 10.8. The lowest BCUT2D eigenvalue weighted by atomic mass is 9.94. The molecule has 0 saturated heterocycles. The number of para-hydroxylation sites is 1. The van der Waals surface area contributed by atoms with Crippen molar-refractivity contribution in [3.8, 4) is 5.75 Å². The molecule has 1 rings (SSSR count). The molecule has 0 fully saturated rings. The summed E-state index contributed by atoms with van der Waals surface area (Å²) in [5.41, 5.74) is 1.33. The van der Waals surface area contributed by atoms with Crippen LogP contribution in [0.5, 0.6) is 5.75 Å². The van der Waals surface area contributed by atoms with E-state index in [9.17, 15) is 14.4 Å². The molecule has 7 nitrogen and oxygen atoms in total. The summed E-state index contributed by atoms with van der Waals surface area (Å²) in [6.45, 7) is 15.0. The molecule has 0 bridgehead atoms. The summed E-state index contributed by atoms with van der Waals surface area (Å²) in [7, 11) is 0. The van der Waals surface area contributed by atoms with Crippen molar-refractivity contribution in [3.63, 3.8) is 0 Å². The Hall–Kier alpha value is -2.57. The molecule has 1 N–H and O–H groups in total. The van der Waals surface area contributed by atoms with Gasteiger partial charge < -0.3 is 19.5 Å². The highest BCUT2D eigenvalue weighted by Crippen LogP contribution is 2.34. The van der Waals surface area contributed by atoms with Gasteiger partial charge in [0.25, 0.3) is 0 Å². The summed E-state index contributed by atoms with van der Waals surface area (Å²) >= 11 is 0. The Bertz CT molecular complexity index is 738. The van der Waals surface area contributed by atoms with E-state index in [1.807, 2.05) is 18.2 Å². The Morgan fingerprint density at radius 1 is 0.968 bits per heavy atom. The van der Waals surface area contributed by atoms with E-state index >= 15 is 0 Å². The molecule has 0 saturated carbocycles. The Morgan fingerprint density at radius 3 is 2.00 bits per heavy atom. The van der Waals surface area contributed by atoms with E-state index in [4.69, 9.17) is 14.2 Å². The molecule has 0 aromatic heterocycles. The van der Waals surface area contributed by atoms with Crippen molar-refractivity contribution in [2.45, 2.75) is 91.7 Å². The third-order valence-corrected chi connectivity index (χ3v) is 4.39. The summed E-state index contributed by atoms with van der Waals surface area (Å²) in [5, 5.41) is 2.42. The summed E-state index contributed by atoms with van der Waals surface area (Å²) < 4.78 is 15.9. The zero-order valence-corrected chi connectivity index (χ0v) is 20.0. The number of esters is 2. The summed E-state index contributed by atoms with van der Waals surface area (Å²) in [6, 6.07) is 5.07. The molecule has 0 aliphatic rings. The third kappa shape index (κ3) is 9.40. The first-order chi connectivity index (χ1) is 14.3. The predicted octanol–water partition coefficient (Wildman–Crippen LogP) is 5.08. The summed E-state index contributed by atoms with van der Waals surface area (Å²) in [4.78, 5) is 36.1. The van der Waals surface area contributed by atoms with E-state index in [1.54, 1.807) is 20.8 Å². The minimum absolute atomic E-state index is 0.0527. The zero-order valence-electron chi connectivity index (χ0n) is 20.0. The second kappa shape index (κ2) is 11.7. The van der Waals surface area contributed by atoms with Crippen LogP contribution in [0.25, 0.3) is 0 Å². The van der Waals surface area contributed by atoms with E-state index < -0.39 is 23.7 Å². The largest absolute Gasteiger partial charge is 0.464 e. The van der Waals surface area contributed by atoms with Crippen molar-refractivity contribution in [2.75, 3.05) is 6.61 Å². The maximum Gasteiger partial charge on any atom is 0.408 e. The van der Waals surface area contributed by atoms with Crippen LogP contribution in [-0.4, -0.2) is 36.3 Å². The minimum atomic E-state index is -0.853. The summed E-state index contributed by atoms with van der Waals surface area (Å²) in [6.07, 6.45) is -0.249. The number of alkyl carbamates (subject to hydrolysis) is 1. The minimum Gasteiger partial charge on any atom is -0.464 e. The Morgan fingerprint density at radius 2 is 1.52 bits per heavy atom. The molecule has 1 amide bonds. The van der Waals surface area contributed by atoms with Crippen LogP contribution in [-0.2, 0) is 19.1 Å². The topological polar surface area (TPSA) is 90.9 Å². The van der Waals surface area contributed by atoms with Gasteiger partial charge in [0, 0.05) is 6.42 Å². The van der Waals surface area contributed by atoms with Crippen LogP contribution in [0.1, 0.15) is 91.2 Å². The Kier molecular flexibility index (Phi) is 10.0. The molecule has 0 aliphatic heterocycles. The molecule has 7 heteroatoms. The lowest BCUT2D eigenvalue weighted by Gasteiger charge is -2.21. The highest BCUT2D eigenvalue weighted by Gasteiger charge is 2.22. The number of hydrogen-bond acceptors (Lipinski definition) is 6. The van der Waals surface area contributed by atoms with Crippen molar-refractivity contribution in [2.24, 2.45) is 0 Å². The maximum absolute atomic E-state index is 12.4. The van der Waals surface area contributed by atoms with E-state index in [0.717, 1.165) is 11.1 Å². The smallest absolute Gasteiger partial charge is 0.408 e. The number of carbonyl (C=O) groups excluding carboxylic acids is 3. The van der Waals surface area contributed by atoms with Crippen LogP contribution in [0.3, 0.4) is 0 Å². The highest BCUT2D eigenvalue weighted by molar-refractivity contribution is 5.81. The number of nitrogens with one attached hydrogen (secondary N) is 1. The standard InChI is InChI=1S/C24H37NO6/c1-15(2)18-11-9-12-19(16(3)4)21(18)30-20(26)13-10-14-29-22(27)17(5)25-23(28)31-24(6,7)8/h9,11-12,15-17H,10,13-14H2,1-8H3,(H,25,28). The quantitative estimate of drug-likeness (QED) is 0.331. The van der Waals surface area contributed by atoms with Gasteiger partial charge in [-0.05, 0) is 57.1 Å². The molecule has 0 radical (unpaired) electrons. The second-order valence-electron chi connectivity index (χ2n) is 9.19. The van der Waals surface area contributed by atoms with Gasteiger partial charge in [0.05, 0.1) is 6.61 Å². The molecular formula is C24H37NO6. The molecule has 0 heterocycles. The molecule has 1 aromatic rings. The van der Waals surface area contributed by atoms with E-state index in [0.29, 0.717) is 12.2 Å². The molecular weight excluding hydrogens is 398 g/mol. The molecule has 31 heavy (non-hydrogen) atoms.